The van der Waals surface area contributed by atoms with Gasteiger partial charge in [-0.1, -0.05) is 19.8 Å². The summed E-state index contributed by atoms with van der Waals surface area (Å²) in [6.07, 6.45) is 7.32. The maximum atomic E-state index is 3.36. The zero-order chi connectivity index (χ0) is 9.36. The van der Waals surface area contributed by atoms with Crippen LogP contribution in [0.15, 0.2) is 0 Å². The van der Waals surface area contributed by atoms with Crippen LogP contribution in [0.1, 0.15) is 39.0 Å². The van der Waals surface area contributed by atoms with Gasteiger partial charge in [-0.15, -0.1) is 0 Å². The number of hydrogen-bond donors (Lipinski definition) is 1. The third-order valence-electron chi connectivity index (χ3n) is 2.72. The molecule has 0 aromatic carbocycles. The van der Waals surface area contributed by atoms with Crippen molar-refractivity contribution < 1.29 is 0 Å². The summed E-state index contributed by atoms with van der Waals surface area (Å²) in [5.74, 6) is 3.83. The van der Waals surface area contributed by atoms with Crippen LogP contribution in [0, 0.1) is 5.92 Å². The molecule has 1 nitrogen and oxygen atoms in total. The van der Waals surface area contributed by atoms with Gasteiger partial charge >= 0.3 is 0 Å². The Morgan fingerprint density at radius 3 is 2.77 bits per heavy atom. The van der Waals surface area contributed by atoms with Crippen molar-refractivity contribution in [2.75, 3.05) is 24.6 Å². The molecule has 1 saturated carbocycles. The van der Waals surface area contributed by atoms with E-state index >= 15 is 0 Å². The van der Waals surface area contributed by atoms with Crippen LogP contribution < -0.4 is 5.32 Å². The van der Waals surface area contributed by atoms with Crippen molar-refractivity contribution in [2.24, 2.45) is 5.92 Å². The standard InChI is InChI=1S/C11H23NS/c1-2-12-8-5-9-13-10-11-6-3-4-7-11/h11-12H,2-10H2,1H3. The van der Waals surface area contributed by atoms with Gasteiger partial charge in [0, 0.05) is 0 Å². The lowest BCUT2D eigenvalue weighted by atomic mass is 10.1. The Morgan fingerprint density at radius 1 is 1.31 bits per heavy atom. The molecule has 0 spiro atoms. The molecule has 0 atom stereocenters. The zero-order valence-corrected chi connectivity index (χ0v) is 9.67. The van der Waals surface area contributed by atoms with E-state index in [0.29, 0.717) is 0 Å². The van der Waals surface area contributed by atoms with Crippen molar-refractivity contribution in [1.82, 2.24) is 5.32 Å². The Kier molecular flexibility index (Phi) is 6.73. The molecule has 0 unspecified atom stereocenters. The molecule has 0 heterocycles. The fourth-order valence-electron chi connectivity index (χ4n) is 1.90. The molecular formula is C11H23NS. The molecule has 2 heteroatoms. The molecule has 0 bridgehead atoms. The number of rotatable bonds is 7. The molecule has 0 saturated heterocycles. The fourth-order valence-corrected chi connectivity index (χ4v) is 3.08. The molecule has 0 radical (unpaired) electrons. The molecule has 78 valence electrons. The quantitative estimate of drug-likeness (QED) is 0.636. The average Bonchev–Trinajstić information content (AvgIpc) is 2.63. The lowest BCUT2D eigenvalue weighted by molar-refractivity contribution is 0.622. The van der Waals surface area contributed by atoms with Crippen LogP contribution in [0.25, 0.3) is 0 Å². The lowest BCUT2D eigenvalue weighted by Gasteiger charge is -2.07. The first-order valence-corrected chi connectivity index (χ1v) is 6.87. The summed E-state index contributed by atoms with van der Waals surface area (Å²) >= 11 is 2.16. The Balaban J connectivity index is 1.78. The average molecular weight is 201 g/mol. The molecule has 0 aromatic heterocycles. The largest absolute Gasteiger partial charge is 0.317 e. The Bertz CT molecular complexity index is 111. The maximum Gasteiger partial charge on any atom is -0.00391 e. The number of nitrogens with one attached hydrogen (secondary N) is 1. The summed E-state index contributed by atoms with van der Waals surface area (Å²) in [5, 5.41) is 3.36. The van der Waals surface area contributed by atoms with Crippen molar-refractivity contribution in [1.29, 1.82) is 0 Å². The van der Waals surface area contributed by atoms with Crippen molar-refractivity contribution in [3.05, 3.63) is 0 Å². The molecule has 1 rings (SSSR count). The minimum atomic E-state index is 1.06. The predicted octanol–water partition coefficient (Wildman–Crippen LogP) is 2.91. The van der Waals surface area contributed by atoms with Crippen molar-refractivity contribution in [3.63, 3.8) is 0 Å². The van der Waals surface area contributed by atoms with Crippen molar-refractivity contribution in [3.8, 4) is 0 Å². The van der Waals surface area contributed by atoms with E-state index in [9.17, 15) is 0 Å². The van der Waals surface area contributed by atoms with E-state index in [1.807, 2.05) is 0 Å². The normalized spacial score (nSPS) is 18.2. The summed E-state index contributed by atoms with van der Waals surface area (Å²) in [6.45, 7) is 4.49. The highest BCUT2D eigenvalue weighted by Crippen LogP contribution is 2.27. The molecule has 1 N–H and O–H groups in total. The van der Waals surface area contributed by atoms with Crippen LogP contribution >= 0.6 is 11.8 Å². The number of hydrogen-bond acceptors (Lipinski definition) is 2. The molecule has 0 amide bonds. The first-order valence-electron chi connectivity index (χ1n) is 5.72. The fraction of sp³-hybridized carbons (Fsp3) is 1.00. The summed E-state index contributed by atoms with van der Waals surface area (Å²) in [5.41, 5.74) is 0. The summed E-state index contributed by atoms with van der Waals surface area (Å²) in [4.78, 5) is 0. The van der Waals surface area contributed by atoms with Crippen LogP contribution in [0.4, 0.5) is 0 Å². The van der Waals surface area contributed by atoms with E-state index in [0.717, 1.165) is 12.5 Å². The highest BCUT2D eigenvalue weighted by atomic mass is 32.2. The molecule has 0 aromatic rings. The first-order chi connectivity index (χ1) is 6.43. The third-order valence-corrected chi connectivity index (χ3v) is 4.00. The SMILES string of the molecule is CCNCCCSCC1CCCC1. The van der Waals surface area contributed by atoms with Crippen LogP contribution in [0.5, 0.6) is 0 Å². The van der Waals surface area contributed by atoms with Gasteiger partial charge in [-0.2, -0.15) is 11.8 Å². The summed E-state index contributed by atoms with van der Waals surface area (Å²) < 4.78 is 0. The molecule has 1 aliphatic rings. The monoisotopic (exact) mass is 201 g/mol. The van der Waals surface area contributed by atoms with Crippen LogP contribution in [0.2, 0.25) is 0 Å². The van der Waals surface area contributed by atoms with E-state index < -0.39 is 0 Å². The van der Waals surface area contributed by atoms with E-state index in [2.05, 4.69) is 24.0 Å². The lowest BCUT2D eigenvalue weighted by Crippen LogP contribution is -2.14. The van der Waals surface area contributed by atoms with Crippen molar-refractivity contribution in [2.45, 2.75) is 39.0 Å². The second-order valence-electron chi connectivity index (χ2n) is 3.93. The highest BCUT2D eigenvalue weighted by Gasteiger charge is 2.13. The van der Waals surface area contributed by atoms with Gasteiger partial charge in [-0.25, -0.2) is 0 Å². The molecule has 13 heavy (non-hydrogen) atoms. The molecule has 1 aliphatic carbocycles. The Hall–Kier alpha value is 0.310. The van der Waals surface area contributed by atoms with Crippen LogP contribution in [0.3, 0.4) is 0 Å². The first kappa shape index (κ1) is 11.4. The second kappa shape index (κ2) is 7.69. The molecule has 1 fully saturated rings. The molecule has 0 aliphatic heterocycles. The second-order valence-corrected chi connectivity index (χ2v) is 5.08. The van der Waals surface area contributed by atoms with Gasteiger partial charge in [-0.05, 0) is 49.8 Å². The molecular weight excluding hydrogens is 178 g/mol. The highest BCUT2D eigenvalue weighted by molar-refractivity contribution is 7.99. The van der Waals surface area contributed by atoms with Gasteiger partial charge in [-0.3, -0.25) is 0 Å². The maximum absolute atomic E-state index is 3.36. The van der Waals surface area contributed by atoms with Crippen LogP contribution in [-0.4, -0.2) is 24.6 Å². The van der Waals surface area contributed by atoms with Gasteiger partial charge in [0.15, 0.2) is 0 Å². The summed E-state index contributed by atoms with van der Waals surface area (Å²) in [7, 11) is 0. The topological polar surface area (TPSA) is 12.0 Å². The smallest absolute Gasteiger partial charge is 0.00391 e. The third kappa shape index (κ3) is 5.58. The van der Waals surface area contributed by atoms with Crippen LogP contribution in [-0.2, 0) is 0 Å². The van der Waals surface area contributed by atoms with E-state index in [1.165, 1.54) is 50.2 Å². The zero-order valence-electron chi connectivity index (χ0n) is 8.85. The van der Waals surface area contributed by atoms with Gasteiger partial charge in [0.1, 0.15) is 0 Å². The van der Waals surface area contributed by atoms with E-state index in [4.69, 9.17) is 0 Å². The Morgan fingerprint density at radius 2 is 2.08 bits per heavy atom. The number of thioether (sulfide) groups is 1. The van der Waals surface area contributed by atoms with Gasteiger partial charge in [0.05, 0.1) is 0 Å². The van der Waals surface area contributed by atoms with E-state index in [1.54, 1.807) is 0 Å². The van der Waals surface area contributed by atoms with Gasteiger partial charge in [0.2, 0.25) is 0 Å². The Labute approximate surface area is 87.1 Å². The minimum Gasteiger partial charge on any atom is -0.317 e. The minimum absolute atomic E-state index is 1.06. The van der Waals surface area contributed by atoms with Crippen molar-refractivity contribution >= 4 is 11.8 Å². The summed E-state index contributed by atoms with van der Waals surface area (Å²) in [6, 6.07) is 0. The predicted molar refractivity (Wildman–Crippen MR) is 62.4 cm³/mol. The van der Waals surface area contributed by atoms with Gasteiger partial charge < -0.3 is 5.32 Å². The van der Waals surface area contributed by atoms with Gasteiger partial charge in [0.25, 0.3) is 0 Å². The van der Waals surface area contributed by atoms with E-state index in [-0.39, 0.29) is 0 Å².